The third-order valence-corrected chi connectivity index (χ3v) is 4.98. The maximum atomic E-state index is 13.6. The number of halogens is 1. The fraction of sp³-hybridized carbons (Fsp3) is 0.417. The molecular weight excluding hydrogens is 273 g/mol. The van der Waals surface area contributed by atoms with Crippen molar-refractivity contribution in [3.05, 3.63) is 29.6 Å². The van der Waals surface area contributed by atoms with Crippen LogP contribution in [0.3, 0.4) is 0 Å². The van der Waals surface area contributed by atoms with E-state index in [-0.39, 0.29) is 29.7 Å². The average Bonchev–Trinajstić information content (AvgIpc) is 2.26. The Kier molecular flexibility index (Phi) is 3.49. The van der Waals surface area contributed by atoms with Crippen LogP contribution in [0.15, 0.2) is 18.2 Å². The van der Waals surface area contributed by atoms with Crippen LogP contribution in [0.2, 0.25) is 0 Å². The van der Waals surface area contributed by atoms with Crippen LogP contribution in [0.5, 0.6) is 0 Å². The number of rotatable bonds is 2. The zero-order valence-corrected chi connectivity index (χ0v) is 11.2. The number of benzene rings is 1. The van der Waals surface area contributed by atoms with Crippen molar-refractivity contribution in [1.82, 2.24) is 0 Å². The lowest BCUT2D eigenvalue weighted by Gasteiger charge is -2.35. The van der Waals surface area contributed by atoms with E-state index in [1.54, 1.807) is 11.8 Å². The van der Waals surface area contributed by atoms with Crippen LogP contribution >= 0.6 is 0 Å². The highest BCUT2D eigenvalue weighted by molar-refractivity contribution is 7.91. The summed E-state index contributed by atoms with van der Waals surface area (Å²) < 4.78 is 36.5. The van der Waals surface area contributed by atoms with Crippen LogP contribution < -0.4 is 4.90 Å². The predicted octanol–water partition coefficient (Wildman–Crippen LogP) is 1.15. The quantitative estimate of drug-likeness (QED) is 0.883. The lowest BCUT2D eigenvalue weighted by molar-refractivity contribution is 0.0692. The van der Waals surface area contributed by atoms with Crippen molar-refractivity contribution in [3.63, 3.8) is 0 Å². The van der Waals surface area contributed by atoms with E-state index in [1.165, 1.54) is 12.1 Å². The van der Waals surface area contributed by atoms with E-state index in [2.05, 4.69) is 0 Å². The minimum absolute atomic E-state index is 0.0231. The summed E-state index contributed by atoms with van der Waals surface area (Å²) in [5.74, 6) is -2.08. The smallest absolute Gasteiger partial charge is 0.338 e. The molecule has 7 heteroatoms. The summed E-state index contributed by atoms with van der Waals surface area (Å²) in [4.78, 5) is 12.5. The summed E-state index contributed by atoms with van der Waals surface area (Å²) in [6.45, 7) is 2.04. The lowest BCUT2D eigenvalue weighted by Crippen LogP contribution is -2.47. The largest absolute Gasteiger partial charge is 0.478 e. The van der Waals surface area contributed by atoms with Gasteiger partial charge in [0.15, 0.2) is 9.84 Å². The third-order valence-electron chi connectivity index (χ3n) is 3.19. The van der Waals surface area contributed by atoms with Crippen molar-refractivity contribution in [2.45, 2.75) is 13.0 Å². The summed E-state index contributed by atoms with van der Waals surface area (Å²) in [5.41, 5.74) is 0.117. The van der Waals surface area contributed by atoms with Crippen LogP contribution in [0, 0.1) is 5.82 Å². The van der Waals surface area contributed by atoms with Crippen LogP contribution in [0.25, 0.3) is 0 Å². The maximum absolute atomic E-state index is 13.6. The number of carboxylic acids is 1. The molecule has 1 aromatic rings. The van der Waals surface area contributed by atoms with Gasteiger partial charge in [0.2, 0.25) is 0 Å². The van der Waals surface area contributed by atoms with Crippen LogP contribution in [0.4, 0.5) is 10.1 Å². The van der Waals surface area contributed by atoms with Crippen molar-refractivity contribution in [1.29, 1.82) is 0 Å². The molecule has 5 nitrogen and oxygen atoms in total. The third kappa shape index (κ3) is 2.86. The first-order valence-corrected chi connectivity index (χ1v) is 7.62. The molecule has 19 heavy (non-hydrogen) atoms. The Morgan fingerprint density at radius 1 is 1.47 bits per heavy atom. The average molecular weight is 287 g/mol. The summed E-state index contributed by atoms with van der Waals surface area (Å²) in [7, 11) is -3.03. The highest BCUT2D eigenvalue weighted by atomic mass is 32.2. The standard InChI is InChI=1S/C12H14FNO4S/c1-8-7-19(17,18)5-4-14(8)9-2-3-10(12(15)16)11(13)6-9/h2-3,6,8H,4-5,7H2,1H3,(H,15,16). The highest BCUT2D eigenvalue weighted by Crippen LogP contribution is 2.24. The maximum Gasteiger partial charge on any atom is 0.338 e. The topological polar surface area (TPSA) is 74.7 Å². The first-order chi connectivity index (χ1) is 8.80. The molecule has 1 fully saturated rings. The molecule has 1 aliphatic heterocycles. The molecule has 1 aromatic carbocycles. The molecule has 0 radical (unpaired) electrons. The van der Waals surface area contributed by atoms with Gasteiger partial charge in [-0.25, -0.2) is 17.6 Å². The first-order valence-electron chi connectivity index (χ1n) is 5.80. The number of nitrogens with zero attached hydrogens (tertiary/aromatic N) is 1. The normalized spacial score (nSPS) is 22.2. The fourth-order valence-electron chi connectivity index (χ4n) is 2.24. The Balaban J connectivity index is 2.28. The second-order valence-electron chi connectivity index (χ2n) is 4.63. The zero-order valence-electron chi connectivity index (χ0n) is 10.3. The van der Waals surface area contributed by atoms with Crippen molar-refractivity contribution < 1.29 is 22.7 Å². The van der Waals surface area contributed by atoms with Crippen LogP contribution in [0.1, 0.15) is 17.3 Å². The van der Waals surface area contributed by atoms with E-state index in [9.17, 15) is 17.6 Å². The molecule has 0 aromatic heterocycles. The number of hydrogen-bond donors (Lipinski definition) is 1. The molecule has 0 bridgehead atoms. The molecule has 1 saturated heterocycles. The van der Waals surface area contributed by atoms with E-state index in [4.69, 9.17) is 5.11 Å². The summed E-state index contributed by atoms with van der Waals surface area (Å²) >= 11 is 0. The Bertz CT molecular complexity index is 614. The second kappa shape index (κ2) is 4.80. The molecule has 1 unspecified atom stereocenters. The monoisotopic (exact) mass is 287 g/mol. The van der Waals surface area contributed by atoms with Crippen LogP contribution in [-0.4, -0.2) is 43.6 Å². The Labute approximate surface area is 110 Å². The first kappa shape index (κ1) is 13.8. The Hall–Kier alpha value is -1.63. The Morgan fingerprint density at radius 2 is 2.16 bits per heavy atom. The minimum atomic E-state index is -3.03. The highest BCUT2D eigenvalue weighted by Gasteiger charge is 2.28. The van der Waals surface area contributed by atoms with Gasteiger partial charge in [0, 0.05) is 18.3 Å². The van der Waals surface area contributed by atoms with Gasteiger partial charge in [0.25, 0.3) is 0 Å². The van der Waals surface area contributed by atoms with Gasteiger partial charge in [-0.2, -0.15) is 0 Å². The molecule has 1 aliphatic rings. The van der Waals surface area contributed by atoms with Crippen molar-refractivity contribution >= 4 is 21.5 Å². The molecule has 1 atom stereocenters. The zero-order chi connectivity index (χ0) is 14.2. The van der Waals surface area contributed by atoms with Gasteiger partial charge in [-0.15, -0.1) is 0 Å². The fourth-order valence-corrected chi connectivity index (χ4v) is 3.79. The number of carboxylic acid groups (broad SMARTS) is 1. The van der Waals surface area contributed by atoms with Gasteiger partial charge in [0.1, 0.15) is 5.82 Å². The van der Waals surface area contributed by atoms with Gasteiger partial charge in [0.05, 0.1) is 17.1 Å². The predicted molar refractivity (Wildman–Crippen MR) is 68.8 cm³/mol. The van der Waals surface area contributed by atoms with E-state index in [1.807, 2.05) is 0 Å². The number of aromatic carboxylic acids is 1. The molecule has 1 heterocycles. The van der Waals surface area contributed by atoms with E-state index >= 15 is 0 Å². The Morgan fingerprint density at radius 3 is 2.68 bits per heavy atom. The molecule has 2 rings (SSSR count). The van der Waals surface area contributed by atoms with Gasteiger partial charge >= 0.3 is 5.97 Å². The second-order valence-corrected chi connectivity index (χ2v) is 6.85. The molecular formula is C12H14FNO4S. The molecule has 0 spiro atoms. The lowest BCUT2D eigenvalue weighted by atomic mass is 10.1. The number of anilines is 1. The summed E-state index contributed by atoms with van der Waals surface area (Å²) in [6.07, 6.45) is 0. The van der Waals surface area contributed by atoms with Gasteiger partial charge in [-0.3, -0.25) is 0 Å². The number of sulfone groups is 1. The SMILES string of the molecule is CC1CS(=O)(=O)CCN1c1ccc(C(=O)O)c(F)c1. The number of hydrogen-bond acceptors (Lipinski definition) is 4. The molecule has 104 valence electrons. The van der Waals surface area contributed by atoms with Crippen LogP contribution in [-0.2, 0) is 9.84 Å². The van der Waals surface area contributed by atoms with Gasteiger partial charge in [-0.05, 0) is 25.1 Å². The van der Waals surface area contributed by atoms with E-state index in [0.717, 1.165) is 6.07 Å². The summed E-state index contributed by atoms with van der Waals surface area (Å²) in [5, 5.41) is 8.75. The summed E-state index contributed by atoms with van der Waals surface area (Å²) in [6, 6.07) is 3.58. The van der Waals surface area contributed by atoms with Gasteiger partial charge < -0.3 is 10.0 Å². The van der Waals surface area contributed by atoms with E-state index in [0.29, 0.717) is 5.69 Å². The molecule has 0 saturated carbocycles. The molecule has 1 N–H and O–H groups in total. The number of carbonyl (C=O) groups is 1. The van der Waals surface area contributed by atoms with Crippen molar-refractivity contribution in [2.75, 3.05) is 23.0 Å². The van der Waals surface area contributed by atoms with Crippen molar-refractivity contribution in [2.24, 2.45) is 0 Å². The van der Waals surface area contributed by atoms with E-state index < -0.39 is 21.6 Å². The molecule has 0 aliphatic carbocycles. The van der Waals surface area contributed by atoms with Gasteiger partial charge in [-0.1, -0.05) is 0 Å². The van der Waals surface area contributed by atoms with Crippen molar-refractivity contribution in [3.8, 4) is 0 Å². The molecule has 0 amide bonds. The minimum Gasteiger partial charge on any atom is -0.478 e.